The Balaban J connectivity index is 1.95. The molecular weight excluding hydrogens is 210 g/mol. The van der Waals surface area contributed by atoms with Crippen LogP contribution in [0.15, 0.2) is 10.9 Å². The summed E-state index contributed by atoms with van der Waals surface area (Å²) in [5.41, 5.74) is -0.0919. The van der Waals surface area contributed by atoms with Crippen molar-refractivity contribution in [2.75, 3.05) is 23.4 Å². The second-order valence-electron chi connectivity index (χ2n) is 3.83. The summed E-state index contributed by atoms with van der Waals surface area (Å²) in [5.74, 6) is 4.54. The molecule has 1 atom stereocenters. The Kier molecular flexibility index (Phi) is 3.30. The van der Waals surface area contributed by atoms with Gasteiger partial charge in [-0.25, -0.2) is 4.98 Å². The van der Waals surface area contributed by atoms with Crippen LogP contribution in [0.1, 0.15) is 12.2 Å². The highest BCUT2D eigenvalue weighted by Crippen LogP contribution is 2.23. The van der Waals surface area contributed by atoms with E-state index in [4.69, 9.17) is 0 Å². The van der Waals surface area contributed by atoms with E-state index in [0.717, 1.165) is 12.5 Å². The molecule has 1 aliphatic rings. The normalized spacial score (nSPS) is 20.5. The van der Waals surface area contributed by atoms with Gasteiger partial charge in [-0.2, -0.15) is 11.8 Å². The molecule has 0 amide bonds. The Morgan fingerprint density at radius 2 is 2.60 bits per heavy atom. The first kappa shape index (κ1) is 10.5. The van der Waals surface area contributed by atoms with E-state index in [0.29, 0.717) is 11.6 Å². The minimum absolute atomic E-state index is 0.0919. The standard InChI is InChI=1S/C10H15N3OS/c1-7-12-9(4-10(14)13-7)11-5-8-2-3-15-6-8/h4,8H,2-3,5-6H2,1H3,(H2,11,12,13,14). The van der Waals surface area contributed by atoms with Crippen LogP contribution in [0.4, 0.5) is 5.82 Å². The molecule has 0 spiro atoms. The maximum Gasteiger partial charge on any atom is 0.252 e. The fourth-order valence-corrected chi connectivity index (χ4v) is 2.95. The number of nitrogens with one attached hydrogen (secondary N) is 2. The summed E-state index contributed by atoms with van der Waals surface area (Å²) in [6.45, 7) is 2.71. The topological polar surface area (TPSA) is 57.8 Å². The molecular formula is C10H15N3OS. The highest BCUT2D eigenvalue weighted by Gasteiger charge is 2.15. The van der Waals surface area contributed by atoms with Crippen LogP contribution in [-0.4, -0.2) is 28.0 Å². The smallest absolute Gasteiger partial charge is 0.252 e. The Morgan fingerprint density at radius 3 is 3.27 bits per heavy atom. The minimum Gasteiger partial charge on any atom is -0.370 e. The largest absolute Gasteiger partial charge is 0.370 e. The fourth-order valence-electron chi connectivity index (χ4n) is 1.66. The van der Waals surface area contributed by atoms with E-state index in [2.05, 4.69) is 15.3 Å². The molecule has 0 aromatic carbocycles. The average molecular weight is 225 g/mol. The molecule has 15 heavy (non-hydrogen) atoms. The van der Waals surface area contributed by atoms with Crippen LogP contribution in [0.5, 0.6) is 0 Å². The fraction of sp³-hybridized carbons (Fsp3) is 0.600. The molecule has 4 nitrogen and oxygen atoms in total. The molecule has 1 aromatic rings. The van der Waals surface area contributed by atoms with Crippen LogP contribution in [0.3, 0.4) is 0 Å². The van der Waals surface area contributed by atoms with E-state index in [1.165, 1.54) is 24.0 Å². The lowest BCUT2D eigenvalue weighted by atomic mass is 10.1. The summed E-state index contributed by atoms with van der Waals surface area (Å²) in [7, 11) is 0. The third-order valence-corrected chi connectivity index (χ3v) is 3.69. The molecule has 1 aromatic heterocycles. The monoisotopic (exact) mass is 225 g/mol. The Labute approximate surface area is 92.9 Å². The van der Waals surface area contributed by atoms with Gasteiger partial charge in [0.15, 0.2) is 0 Å². The summed E-state index contributed by atoms with van der Waals surface area (Å²) in [6.07, 6.45) is 1.26. The minimum atomic E-state index is -0.0919. The zero-order chi connectivity index (χ0) is 10.7. The van der Waals surface area contributed by atoms with Gasteiger partial charge in [0.25, 0.3) is 5.56 Å². The van der Waals surface area contributed by atoms with Crippen LogP contribution < -0.4 is 10.9 Å². The molecule has 0 bridgehead atoms. The summed E-state index contributed by atoms with van der Waals surface area (Å²) in [4.78, 5) is 18.0. The number of aryl methyl sites for hydroxylation is 1. The van der Waals surface area contributed by atoms with Crippen molar-refractivity contribution in [1.82, 2.24) is 9.97 Å². The van der Waals surface area contributed by atoms with Crippen molar-refractivity contribution in [3.63, 3.8) is 0 Å². The van der Waals surface area contributed by atoms with Crippen molar-refractivity contribution in [3.8, 4) is 0 Å². The molecule has 2 rings (SSSR count). The van der Waals surface area contributed by atoms with Gasteiger partial charge >= 0.3 is 0 Å². The molecule has 1 aliphatic heterocycles. The number of hydrogen-bond donors (Lipinski definition) is 2. The van der Waals surface area contributed by atoms with Crippen molar-refractivity contribution in [3.05, 3.63) is 22.2 Å². The zero-order valence-electron chi connectivity index (χ0n) is 8.75. The molecule has 1 unspecified atom stereocenters. The molecule has 5 heteroatoms. The summed E-state index contributed by atoms with van der Waals surface area (Å²) in [5, 5.41) is 3.22. The predicted octanol–water partition coefficient (Wildman–Crippen LogP) is 1.24. The molecule has 1 saturated heterocycles. The second kappa shape index (κ2) is 4.70. The van der Waals surface area contributed by atoms with Gasteiger partial charge in [0, 0.05) is 12.6 Å². The molecule has 2 heterocycles. The number of H-pyrrole nitrogens is 1. The van der Waals surface area contributed by atoms with Gasteiger partial charge in [-0.15, -0.1) is 0 Å². The van der Waals surface area contributed by atoms with Crippen molar-refractivity contribution >= 4 is 17.6 Å². The third-order valence-electron chi connectivity index (χ3n) is 2.46. The van der Waals surface area contributed by atoms with Gasteiger partial charge in [0.05, 0.1) is 0 Å². The SMILES string of the molecule is Cc1nc(NCC2CCSC2)cc(=O)[nH]1. The molecule has 0 aliphatic carbocycles. The highest BCUT2D eigenvalue weighted by atomic mass is 32.2. The first-order valence-corrected chi connectivity index (χ1v) is 6.29. The summed E-state index contributed by atoms with van der Waals surface area (Å²) < 4.78 is 0. The average Bonchev–Trinajstić information content (AvgIpc) is 2.65. The number of anilines is 1. The van der Waals surface area contributed by atoms with Crippen molar-refractivity contribution in [2.45, 2.75) is 13.3 Å². The third kappa shape index (κ3) is 2.99. The van der Waals surface area contributed by atoms with Gasteiger partial charge < -0.3 is 10.3 Å². The Morgan fingerprint density at radius 1 is 1.73 bits per heavy atom. The maximum absolute atomic E-state index is 11.2. The second-order valence-corrected chi connectivity index (χ2v) is 4.98. The maximum atomic E-state index is 11.2. The number of aromatic amines is 1. The van der Waals surface area contributed by atoms with Crippen LogP contribution in [-0.2, 0) is 0 Å². The lowest BCUT2D eigenvalue weighted by Crippen LogP contribution is -2.17. The molecule has 1 fully saturated rings. The van der Waals surface area contributed by atoms with E-state index in [1.807, 2.05) is 11.8 Å². The van der Waals surface area contributed by atoms with E-state index in [1.54, 1.807) is 6.92 Å². The number of rotatable bonds is 3. The lowest BCUT2D eigenvalue weighted by molar-refractivity contribution is 0.630. The number of hydrogen-bond acceptors (Lipinski definition) is 4. The molecule has 2 N–H and O–H groups in total. The van der Waals surface area contributed by atoms with Gasteiger partial charge in [0.1, 0.15) is 11.6 Å². The van der Waals surface area contributed by atoms with Crippen LogP contribution >= 0.6 is 11.8 Å². The van der Waals surface area contributed by atoms with E-state index >= 15 is 0 Å². The molecule has 0 saturated carbocycles. The molecule has 0 radical (unpaired) electrons. The zero-order valence-corrected chi connectivity index (χ0v) is 9.56. The van der Waals surface area contributed by atoms with Crippen molar-refractivity contribution in [1.29, 1.82) is 0 Å². The van der Waals surface area contributed by atoms with E-state index < -0.39 is 0 Å². The van der Waals surface area contributed by atoms with Crippen LogP contribution in [0.25, 0.3) is 0 Å². The van der Waals surface area contributed by atoms with Crippen molar-refractivity contribution in [2.24, 2.45) is 5.92 Å². The number of thioether (sulfide) groups is 1. The number of nitrogens with zero attached hydrogens (tertiary/aromatic N) is 1. The highest BCUT2D eigenvalue weighted by molar-refractivity contribution is 7.99. The van der Waals surface area contributed by atoms with Gasteiger partial charge in [0.2, 0.25) is 0 Å². The van der Waals surface area contributed by atoms with Crippen LogP contribution in [0, 0.1) is 12.8 Å². The number of aromatic nitrogens is 2. The predicted molar refractivity (Wildman–Crippen MR) is 63.5 cm³/mol. The first-order chi connectivity index (χ1) is 7.24. The van der Waals surface area contributed by atoms with Crippen LogP contribution in [0.2, 0.25) is 0 Å². The van der Waals surface area contributed by atoms with E-state index in [-0.39, 0.29) is 5.56 Å². The Hall–Kier alpha value is -0.970. The molecule has 82 valence electrons. The van der Waals surface area contributed by atoms with Gasteiger partial charge in [-0.05, 0) is 30.8 Å². The lowest BCUT2D eigenvalue weighted by Gasteiger charge is -2.10. The van der Waals surface area contributed by atoms with Gasteiger partial charge in [-0.1, -0.05) is 0 Å². The quantitative estimate of drug-likeness (QED) is 0.812. The van der Waals surface area contributed by atoms with Crippen molar-refractivity contribution < 1.29 is 0 Å². The first-order valence-electron chi connectivity index (χ1n) is 5.13. The summed E-state index contributed by atoms with van der Waals surface area (Å²) in [6, 6.07) is 1.51. The van der Waals surface area contributed by atoms with Gasteiger partial charge in [-0.3, -0.25) is 4.79 Å². The Bertz CT molecular complexity index is 384. The van der Waals surface area contributed by atoms with E-state index in [9.17, 15) is 4.79 Å². The summed E-state index contributed by atoms with van der Waals surface area (Å²) >= 11 is 2.00.